The predicted octanol–water partition coefficient (Wildman–Crippen LogP) is 2.75. The molecule has 3 rings (SSSR count). The molecule has 1 amide bonds. The summed E-state index contributed by atoms with van der Waals surface area (Å²) in [4.78, 5) is 12.7. The van der Waals surface area contributed by atoms with Crippen molar-refractivity contribution in [2.24, 2.45) is 5.14 Å². The number of nitrogens with zero attached hydrogens (tertiary/aromatic N) is 1. The van der Waals surface area contributed by atoms with Crippen molar-refractivity contribution < 1.29 is 17.9 Å². The van der Waals surface area contributed by atoms with Gasteiger partial charge in [-0.25, -0.2) is 13.6 Å². The van der Waals surface area contributed by atoms with Gasteiger partial charge in [0.2, 0.25) is 10.0 Å². The van der Waals surface area contributed by atoms with Gasteiger partial charge in [-0.05, 0) is 49.2 Å². The lowest BCUT2D eigenvalue weighted by molar-refractivity contribution is 0.0955. The fraction of sp³-hybridized carbons (Fsp3) is 0.200. The van der Waals surface area contributed by atoms with Gasteiger partial charge in [0.1, 0.15) is 5.75 Å². The average Bonchev–Trinajstić information content (AvgIpc) is 3.19. The van der Waals surface area contributed by atoms with Gasteiger partial charge in [-0.1, -0.05) is 23.7 Å². The Bertz CT molecular complexity index is 1140. The molecule has 0 unspecified atom stereocenters. The maximum absolute atomic E-state index is 12.6. The van der Waals surface area contributed by atoms with Gasteiger partial charge in [0.05, 0.1) is 34.0 Å². The first kappa shape index (κ1) is 21.8. The molecular weight excluding hydrogens is 428 g/mol. The molecule has 0 aliphatic carbocycles. The van der Waals surface area contributed by atoms with E-state index >= 15 is 0 Å². The summed E-state index contributed by atoms with van der Waals surface area (Å²) in [7, 11) is -3.72. The van der Waals surface area contributed by atoms with Crippen LogP contribution in [0.1, 0.15) is 22.8 Å². The zero-order valence-corrected chi connectivity index (χ0v) is 17.8. The van der Waals surface area contributed by atoms with Crippen molar-refractivity contribution in [3.8, 4) is 17.0 Å². The third-order valence-corrected chi connectivity index (χ3v) is 5.58. The van der Waals surface area contributed by atoms with Crippen LogP contribution in [0.5, 0.6) is 5.75 Å². The van der Waals surface area contributed by atoms with Crippen LogP contribution in [-0.2, 0) is 16.4 Å². The first-order chi connectivity index (χ1) is 14.3. The molecule has 8 nitrogen and oxygen atoms in total. The van der Waals surface area contributed by atoms with Crippen LogP contribution < -0.4 is 15.2 Å². The number of carbonyl (C=O) groups is 1. The van der Waals surface area contributed by atoms with Gasteiger partial charge in [-0.2, -0.15) is 5.10 Å². The molecule has 10 heteroatoms. The number of halogens is 1. The highest BCUT2D eigenvalue weighted by Crippen LogP contribution is 2.31. The second-order valence-electron chi connectivity index (χ2n) is 6.43. The first-order valence-corrected chi connectivity index (χ1v) is 11.1. The number of sulfonamides is 1. The Hall–Kier alpha value is -2.88. The summed E-state index contributed by atoms with van der Waals surface area (Å²) in [5.74, 6) is 0.284. The van der Waals surface area contributed by atoms with Gasteiger partial charge in [0.15, 0.2) is 0 Å². The van der Waals surface area contributed by atoms with E-state index in [1.807, 2.05) is 6.92 Å². The van der Waals surface area contributed by atoms with E-state index in [0.717, 1.165) is 5.56 Å². The summed E-state index contributed by atoms with van der Waals surface area (Å²) in [5, 5.41) is 15.2. The topological polar surface area (TPSA) is 127 Å². The number of amides is 1. The number of rotatable bonds is 8. The van der Waals surface area contributed by atoms with Crippen molar-refractivity contribution >= 4 is 27.5 Å². The number of hydrogen-bond donors (Lipinski definition) is 3. The average molecular weight is 449 g/mol. The Morgan fingerprint density at radius 2 is 1.97 bits per heavy atom. The summed E-state index contributed by atoms with van der Waals surface area (Å²) >= 11 is 6.24. The third-order valence-electron chi connectivity index (χ3n) is 4.36. The SMILES string of the molecule is CCOc1ccc(-c2[nH]ncc2C(=O)NCCc2ccc(S(N)(=O)=O)cc2)cc1Cl. The Labute approximate surface area is 179 Å². The summed E-state index contributed by atoms with van der Waals surface area (Å²) in [6.07, 6.45) is 1.98. The van der Waals surface area contributed by atoms with Crippen molar-refractivity contribution in [3.05, 3.63) is 64.8 Å². The van der Waals surface area contributed by atoms with Crippen LogP contribution in [0.25, 0.3) is 11.3 Å². The van der Waals surface area contributed by atoms with Crippen LogP contribution in [0, 0.1) is 0 Å². The second-order valence-corrected chi connectivity index (χ2v) is 8.40. The molecule has 0 fully saturated rings. The minimum absolute atomic E-state index is 0.0485. The van der Waals surface area contributed by atoms with Gasteiger partial charge < -0.3 is 10.1 Å². The van der Waals surface area contributed by atoms with Crippen molar-refractivity contribution in [2.75, 3.05) is 13.2 Å². The molecule has 0 aliphatic heterocycles. The Morgan fingerprint density at radius 1 is 1.23 bits per heavy atom. The smallest absolute Gasteiger partial charge is 0.255 e. The molecule has 1 heterocycles. The Kier molecular flexibility index (Phi) is 6.76. The molecule has 0 saturated carbocycles. The minimum Gasteiger partial charge on any atom is -0.492 e. The lowest BCUT2D eigenvalue weighted by Crippen LogP contribution is -2.25. The zero-order chi connectivity index (χ0) is 21.7. The first-order valence-electron chi connectivity index (χ1n) is 9.15. The maximum Gasteiger partial charge on any atom is 0.255 e. The quantitative estimate of drug-likeness (QED) is 0.488. The van der Waals surface area contributed by atoms with Crippen LogP contribution in [-0.4, -0.2) is 37.7 Å². The number of benzene rings is 2. The van der Waals surface area contributed by atoms with Gasteiger partial charge >= 0.3 is 0 Å². The third kappa shape index (κ3) is 5.18. The molecule has 4 N–H and O–H groups in total. The molecule has 158 valence electrons. The predicted molar refractivity (Wildman–Crippen MR) is 114 cm³/mol. The number of aromatic nitrogens is 2. The van der Waals surface area contributed by atoms with Gasteiger partial charge in [0, 0.05) is 12.1 Å². The van der Waals surface area contributed by atoms with E-state index in [1.165, 1.54) is 18.3 Å². The van der Waals surface area contributed by atoms with Gasteiger partial charge in [0.25, 0.3) is 5.91 Å². The number of aromatic amines is 1. The number of ether oxygens (including phenoxy) is 1. The van der Waals surface area contributed by atoms with E-state index in [1.54, 1.807) is 30.3 Å². The lowest BCUT2D eigenvalue weighted by atomic mass is 10.1. The summed E-state index contributed by atoms with van der Waals surface area (Å²) < 4.78 is 28.0. The largest absolute Gasteiger partial charge is 0.492 e. The van der Waals surface area contributed by atoms with Gasteiger partial charge in [-0.15, -0.1) is 0 Å². The standard InChI is InChI=1S/C20H21ClN4O4S/c1-2-29-18-8-5-14(11-17(18)21)19-16(12-24-25-19)20(26)23-10-9-13-3-6-15(7-4-13)30(22,27)28/h3-8,11-12H,2,9-10H2,1H3,(H,23,26)(H,24,25)(H2,22,27,28). The van der Waals surface area contributed by atoms with E-state index in [-0.39, 0.29) is 10.8 Å². The fourth-order valence-corrected chi connectivity index (χ4v) is 3.62. The number of carbonyl (C=O) groups excluding carboxylic acids is 1. The number of nitrogens with one attached hydrogen (secondary N) is 2. The van der Waals surface area contributed by atoms with E-state index < -0.39 is 10.0 Å². The molecule has 0 saturated heterocycles. The fourth-order valence-electron chi connectivity index (χ4n) is 2.87. The summed E-state index contributed by atoms with van der Waals surface area (Å²) in [6, 6.07) is 11.5. The molecule has 30 heavy (non-hydrogen) atoms. The summed E-state index contributed by atoms with van der Waals surface area (Å²) in [6.45, 7) is 2.74. The number of H-pyrrole nitrogens is 1. The normalized spacial score (nSPS) is 11.3. The molecule has 0 spiro atoms. The lowest BCUT2D eigenvalue weighted by Gasteiger charge is -2.09. The van der Waals surface area contributed by atoms with Crippen molar-refractivity contribution in [2.45, 2.75) is 18.2 Å². The molecule has 0 aliphatic rings. The number of hydrogen-bond acceptors (Lipinski definition) is 5. The molecular formula is C20H21ClN4O4S. The molecule has 1 aromatic heterocycles. The summed E-state index contributed by atoms with van der Waals surface area (Å²) in [5.41, 5.74) is 2.52. The van der Waals surface area contributed by atoms with E-state index in [0.29, 0.717) is 47.2 Å². The van der Waals surface area contributed by atoms with Crippen molar-refractivity contribution in [3.63, 3.8) is 0 Å². The molecule has 0 radical (unpaired) electrons. The Morgan fingerprint density at radius 3 is 2.60 bits per heavy atom. The Balaban J connectivity index is 1.65. The minimum atomic E-state index is -3.72. The monoisotopic (exact) mass is 448 g/mol. The van der Waals surface area contributed by atoms with E-state index in [4.69, 9.17) is 21.5 Å². The van der Waals surface area contributed by atoms with Crippen LogP contribution in [0.4, 0.5) is 0 Å². The highest BCUT2D eigenvalue weighted by Gasteiger charge is 2.16. The second kappa shape index (κ2) is 9.29. The zero-order valence-electron chi connectivity index (χ0n) is 16.2. The molecule has 0 bridgehead atoms. The van der Waals surface area contributed by atoms with Crippen molar-refractivity contribution in [1.82, 2.24) is 15.5 Å². The maximum atomic E-state index is 12.6. The molecule has 3 aromatic rings. The van der Waals surface area contributed by atoms with Crippen LogP contribution in [0.3, 0.4) is 0 Å². The molecule has 0 atom stereocenters. The van der Waals surface area contributed by atoms with Crippen LogP contribution in [0.2, 0.25) is 5.02 Å². The molecule has 2 aromatic carbocycles. The van der Waals surface area contributed by atoms with E-state index in [9.17, 15) is 13.2 Å². The van der Waals surface area contributed by atoms with E-state index in [2.05, 4.69) is 15.5 Å². The highest BCUT2D eigenvalue weighted by molar-refractivity contribution is 7.89. The van der Waals surface area contributed by atoms with Crippen LogP contribution in [0.15, 0.2) is 53.6 Å². The van der Waals surface area contributed by atoms with Crippen molar-refractivity contribution in [1.29, 1.82) is 0 Å². The number of nitrogens with two attached hydrogens (primary N) is 1. The number of primary sulfonamides is 1. The van der Waals surface area contributed by atoms with Gasteiger partial charge in [-0.3, -0.25) is 9.89 Å². The highest BCUT2D eigenvalue weighted by atomic mass is 35.5. The van der Waals surface area contributed by atoms with Crippen LogP contribution >= 0.6 is 11.6 Å².